The van der Waals surface area contributed by atoms with Crippen LogP contribution in [0.15, 0.2) is 18.2 Å². The molecule has 2 nitrogen and oxygen atoms in total. The van der Waals surface area contributed by atoms with Crippen molar-refractivity contribution in [1.82, 2.24) is 5.32 Å². The normalized spacial score (nSPS) is 12.7. The molecule has 0 bridgehead atoms. The number of rotatable bonds is 7. The molecular formula is C13H19ClFNO. The molecule has 0 saturated heterocycles. The highest BCUT2D eigenvalue weighted by atomic mass is 35.5. The van der Waals surface area contributed by atoms with Crippen molar-refractivity contribution >= 4 is 11.6 Å². The Labute approximate surface area is 107 Å². The Bertz CT molecular complexity index is 346. The topological polar surface area (TPSA) is 21.3 Å². The Morgan fingerprint density at radius 2 is 2.24 bits per heavy atom. The molecule has 17 heavy (non-hydrogen) atoms. The Balaban J connectivity index is 2.67. The van der Waals surface area contributed by atoms with Gasteiger partial charge in [-0.1, -0.05) is 18.5 Å². The molecule has 1 aromatic carbocycles. The van der Waals surface area contributed by atoms with Gasteiger partial charge in [-0.3, -0.25) is 0 Å². The van der Waals surface area contributed by atoms with E-state index in [1.165, 1.54) is 12.1 Å². The quantitative estimate of drug-likeness (QED) is 0.813. The van der Waals surface area contributed by atoms with Crippen LogP contribution in [0, 0.1) is 5.82 Å². The summed E-state index contributed by atoms with van der Waals surface area (Å²) in [6, 6.07) is 4.74. The van der Waals surface area contributed by atoms with Crippen molar-refractivity contribution in [3.63, 3.8) is 0 Å². The fraction of sp³-hybridized carbons (Fsp3) is 0.538. The minimum atomic E-state index is -0.244. The maximum absolute atomic E-state index is 13.1. The van der Waals surface area contributed by atoms with Crippen LogP contribution in [0.1, 0.15) is 18.9 Å². The summed E-state index contributed by atoms with van der Waals surface area (Å²) in [5.74, 6) is -0.244. The first-order chi connectivity index (χ1) is 8.17. The van der Waals surface area contributed by atoms with Crippen molar-refractivity contribution in [2.75, 3.05) is 20.3 Å². The molecule has 4 heteroatoms. The monoisotopic (exact) mass is 259 g/mol. The molecule has 1 rings (SSSR count). The SMILES string of the molecule is CCNC(CCOC)Cc1cc(F)ccc1Cl. The minimum Gasteiger partial charge on any atom is -0.385 e. The molecule has 1 N–H and O–H groups in total. The number of nitrogens with one attached hydrogen (secondary N) is 1. The molecule has 0 spiro atoms. The van der Waals surface area contributed by atoms with Gasteiger partial charge in [0.25, 0.3) is 0 Å². The molecule has 0 saturated carbocycles. The van der Waals surface area contributed by atoms with Gasteiger partial charge in [0.1, 0.15) is 5.82 Å². The molecule has 0 fully saturated rings. The van der Waals surface area contributed by atoms with Gasteiger partial charge in [0, 0.05) is 24.8 Å². The Morgan fingerprint density at radius 3 is 2.88 bits per heavy atom. The molecule has 0 aliphatic rings. The third kappa shape index (κ3) is 5.02. The molecule has 0 aromatic heterocycles. The van der Waals surface area contributed by atoms with Gasteiger partial charge in [-0.2, -0.15) is 0 Å². The molecule has 0 radical (unpaired) electrons. The summed E-state index contributed by atoms with van der Waals surface area (Å²) < 4.78 is 18.2. The van der Waals surface area contributed by atoms with E-state index in [0.717, 1.165) is 18.5 Å². The van der Waals surface area contributed by atoms with Crippen LogP contribution in [0.25, 0.3) is 0 Å². The van der Waals surface area contributed by atoms with Crippen LogP contribution < -0.4 is 5.32 Å². The Kier molecular flexibility index (Phi) is 6.48. The second kappa shape index (κ2) is 7.64. The van der Waals surface area contributed by atoms with Gasteiger partial charge in [-0.25, -0.2) is 4.39 Å². The van der Waals surface area contributed by atoms with Crippen LogP contribution >= 0.6 is 11.6 Å². The summed E-state index contributed by atoms with van der Waals surface area (Å²) in [4.78, 5) is 0. The first-order valence-corrected chi connectivity index (χ1v) is 6.21. The zero-order valence-electron chi connectivity index (χ0n) is 10.3. The number of methoxy groups -OCH3 is 1. The number of benzene rings is 1. The molecular weight excluding hydrogens is 241 g/mol. The summed E-state index contributed by atoms with van der Waals surface area (Å²) in [6.45, 7) is 3.61. The number of hydrogen-bond acceptors (Lipinski definition) is 2. The van der Waals surface area contributed by atoms with E-state index in [4.69, 9.17) is 16.3 Å². The lowest BCUT2D eigenvalue weighted by Gasteiger charge is -2.18. The van der Waals surface area contributed by atoms with Crippen LogP contribution in [0.5, 0.6) is 0 Å². The van der Waals surface area contributed by atoms with Crippen molar-refractivity contribution in [2.45, 2.75) is 25.8 Å². The van der Waals surface area contributed by atoms with Crippen molar-refractivity contribution in [2.24, 2.45) is 0 Å². The van der Waals surface area contributed by atoms with Gasteiger partial charge in [-0.05, 0) is 43.1 Å². The fourth-order valence-electron chi connectivity index (χ4n) is 1.79. The van der Waals surface area contributed by atoms with Gasteiger partial charge < -0.3 is 10.1 Å². The number of ether oxygens (including phenoxy) is 1. The summed E-state index contributed by atoms with van der Waals surface area (Å²) >= 11 is 6.05. The molecule has 0 heterocycles. The summed E-state index contributed by atoms with van der Waals surface area (Å²) in [5.41, 5.74) is 0.841. The van der Waals surface area contributed by atoms with E-state index in [0.29, 0.717) is 18.1 Å². The molecule has 1 unspecified atom stereocenters. The van der Waals surface area contributed by atoms with Crippen LogP contribution in [0.4, 0.5) is 4.39 Å². The zero-order chi connectivity index (χ0) is 12.7. The van der Waals surface area contributed by atoms with Crippen molar-refractivity contribution in [1.29, 1.82) is 0 Å². The van der Waals surface area contributed by atoms with Gasteiger partial charge in [0.15, 0.2) is 0 Å². The molecule has 1 aromatic rings. The van der Waals surface area contributed by atoms with E-state index >= 15 is 0 Å². The minimum absolute atomic E-state index is 0.244. The highest BCUT2D eigenvalue weighted by Gasteiger charge is 2.11. The number of halogens is 2. The number of likely N-dealkylation sites (N-methyl/N-ethyl adjacent to an activating group) is 1. The summed E-state index contributed by atoms with van der Waals surface area (Å²) in [5, 5.41) is 3.97. The highest BCUT2D eigenvalue weighted by Crippen LogP contribution is 2.19. The van der Waals surface area contributed by atoms with Gasteiger partial charge >= 0.3 is 0 Å². The van der Waals surface area contributed by atoms with E-state index in [2.05, 4.69) is 5.32 Å². The highest BCUT2D eigenvalue weighted by molar-refractivity contribution is 6.31. The maximum atomic E-state index is 13.1. The van der Waals surface area contributed by atoms with Gasteiger partial charge in [0.05, 0.1) is 0 Å². The number of hydrogen-bond donors (Lipinski definition) is 1. The van der Waals surface area contributed by atoms with E-state index in [1.54, 1.807) is 13.2 Å². The molecule has 1 atom stereocenters. The average molecular weight is 260 g/mol. The van der Waals surface area contributed by atoms with Crippen molar-refractivity contribution in [3.05, 3.63) is 34.6 Å². The van der Waals surface area contributed by atoms with Crippen LogP contribution in [-0.4, -0.2) is 26.3 Å². The lowest BCUT2D eigenvalue weighted by molar-refractivity contribution is 0.183. The molecule has 0 aliphatic carbocycles. The Hall–Kier alpha value is -0.640. The first kappa shape index (κ1) is 14.4. The van der Waals surface area contributed by atoms with Crippen LogP contribution in [-0.2, 0) is 11.2 Å². The van der Waals surface area contributed by atoms with Gasteiger partial charge in [-0.15, -0.1) is 0 Å². The largest absolute Gasteiger partial charge is 0.385 e. The van der Waals surface area contributed by atoms with Gasteiger partial charge in [0.2, 0.25) is 0 Å². The fourth-order valence-corrected chi connectivity index (χ4v) is 1.98. The second-order valence-corrected chi connectivity index (χ2v) is 4.38. The Morgan fingerprint density at radius 1 is 1.47 bits per heavy atom. The van der Waals surface area contributed by atoms with E-state index < -0.39 is 0 Å². The standard InChI is InChI=1S/C13H19ClFNO/c1-3-16-12(6-7-17-2)9-10-8-11(15)4-5-13(10)14/h4-5,8,12,16H,3,6-7,9H2,1-2H3. The average Bonchev–Trinajstić information content (AvgIpc) is 2.31. The van der Waals surface area contributed by atoms with Crippen molar-refractivity contribution < 1.29 is 9.13 Å². The van der Waals surface area contributed by atoms with E-state index in [9.17, 15) is 4.39 Å². The molecule has 0 amide bonds. The third-order valence-corrected chi connectivity index (χ3v) is 3.01. The van der Waals surface area contributed by atoms with E-state index in [1.807, 2.05) is 6.92 Å². The predicted octanol–water partition coefficient (Wildman–Crippen LogP) is 3.04. The first-order valence-electron chi connectivity index (χ1n) is 5.83. The zero-order valence-corrected chi connectivity index (χ0v) is 11.1. The molecule has 96 valence electrons. The predicted molar refractivity (Wildman–Crippen MR) is 69.1 cm³/mol. The lowest BCUT2D eigenvalue weighted by Crippen LogP contribution is -2.32. The third-order valence-electron chi connectivity index (χ3n) is 2.64. The van der Waals surface area contributed by atoms with Crippen molar-refractivity contribution in [3.8, 4) is 0 Å². The van der Waals surface area contributed by atoms with E-state index in [-0.39, 0.29) is 11.9 Å². The van der Waals surface area contributed by atoms with Crippen LogP contribution in [0.3, 0.4) is 0 Å². The van der Waals surface area contributed by atoms with Crippen LogP contribution in [0.2, 0.25) is 5.02 Å². The molecule has 0 aliphatic heterocycles. The lowest BCUT2D eigenvalue weighted by atomic mass is 10.0. The summed E-state index contributed by atoms with van der Waals surface area (Å²) in [6.07, 6.45) is 1.60. The smallest absolute Gasteiger partial charge is 0.123 e. The second-order valence-electron chi connectivity index (χ2n) is 3.98. The summed E-state index contributed by atoms with van der Waals surface area (Å²) in [7, 11) is 1.68. The maximum Gasteiger partial charge on any atom is 0.123 e.